The first-order valence-corrected chi connectivity index (χ1v) is 7.09. The van der Waals surface area contributed by atoms with Gasteiger partial charge in [-0.05, 0) is 48.7 Å². The third-order valence-corrected chi connectivity index (χ3v) is 3.77. The normalized spacial score (nSPS) is 12.2. The molecule has 0 saturated heterocycles. The second-order valence-electron chi connectivity index (χ2n) is 4.73. The van der Waals surface area contributed by atoms with Crippen LogP contribution in [0, 0.1) is 13.8 Å². The lowest BCUT2D eigenvalue weighted by atomic mass is 10.0. The molecule has 3 heteroatoms. The Bertz CT molecular complexity index is 568. The van der Waals surface area contributed by atoms with Crippen molar-refractivity contribution < 1.29 is 5.11 Å². The number of anilines is 1. The monoisotopic (exact) mass is 319 g/mol. The Labute approximate surface area is 122 Å². The fourth-order valence-corrected chi connectivity index (χ4v) is 2.39. The molecule has 0 fully saturated rings. The van der Waals surface area contributed by atoms with Crippen LogP contribution in [0.25, 0.3) is 0 Å². The predicted octanol–water partition coefficient (Wildman–Crippen LogP) is 4.21. The Hall–Kier alpha value is -1.32. The molecule has 1 unspecified atom stereocenters. The van der Waals surface area contributed by atoms with Crippen LogP contribution in [0.3, 0.4) is 0 Å². The van der Waals surface area contributed by atoms with Crippen LogP contribution in [0.1, 0.15) is 22.7 Å². The van der Waals surface area contributed by atoms with E-state index in [9.17, 15) is 5.11 Å². The van der Waals surface area contributed by atoms with Gasteiger partial charge in [-0.25, -0.2) is 0 Å². The van der Waals surface area contributed by atoms with Crippen LogP contribution in [0.15, 0.2) is 46.9 Å². The van der Waals surface area contributed by atoms with Crippen LogP contribution >= 0.6 is 15.9 Å². The number of aliphatic hydroxyl groups excluding tert-OH is 1. The molecule has 1 atom stereocenters. The summed E-state index contributed by atoms with van der Waals surface area (Å²) in [6.45, 7) is 4.25. The molecule has 0 aliphatic carbocycles. The highest BCUT2D eigenvalue weighted by Gasteiger charge is 2.11. The number of aliphatic hydroxyl groups is 1. The summed E-state index contributed by atoms with van der Waals surface area (Å²) in [5.41, 5.74) is 4.60. The average Bonchev–Trinajstić information content (AvgIpc) is 2.39. The minimum atomic E-state index is -0.0893. The molecule has 2 N–H and O–H groups in total. The zero-order valence-corrected chi connectivity index (χ0v) is 12.7. The average molecular weight is 320 g/mol. The van der Waals surface area contributed by atoms with Gasteiger partial charge in [0, 0.05) is 10.2 Å². The van der Waals surface area contributed by atoms with E-state index in [1.165, 1.54) is 11.1 Å². The van der Waals surface area contributed by atoms with E-state index in [1.807, 2.05) is 24.3 Å². The smallest absolute Gasteiger partial charge is 0.0745 e. The Morgan fingerprint density at radius 1 is 1.11 bits per heavy atom. The maximum atomic E-state index is 9.60. The summed E-state index contributed by atoms with van der Waals surface area (Å²) in [6, 6.07) is 14.1. The first-order chi connectivity index (χ1) is 9.10. The maximum absolute atomic E-state index is 9.60. The van der Waals surface area contributed by atoms with Gasteiger partial charge in [0.2, 0.25) is 0 Å². The highest BCUT2D eigenvalue weighted by molar-refractivity contribution is 9.10. The number of nitrogens with one attached hydrogen (secondary N) is 1. The van der Waals surface area contributed by atoms with Crippen molar-refractivity contribution in [3.63, 3.8) is 0 Å². The molecule has 2 rings (SSSR count). The number of rotatable bonds is 4. The van der Waals surface area contributed by atoms with Gasteiger partial charge in [-0.2, -0.15) is 0 Å². The van der Waals surface area contributed by atoms with Gasteiger partial charge in [-0.3, -0.25) is 0 Å². The first-order valence-electron chi connectivity index (χ1n) is 6.30. The topological polar surface area (TPSA) is 32.3 Å². The van der Waals surface area contributed by atoms with Crippen LogP contribution in [0.4, 0.5) is 5.69 Å². The van der Waals surface area contributed by atoms with E-state index in [0.717, 1.165) is 15.7 Å². The third kappa shape index (κ3) is 3.58. The predicted molar refractivity (Wildman–Crippen MR) is 83.5 cm³/mol. The van der Waals surface area contributed by atoms with Gasteiger partial charge in [-0.15, -0.1) is 0 Å². The van der Waals surface area contributed by atoms with Gasteiger partial charge >= 0.3 is 0 Å². The highest BCUT2D eigenvalue weighted by Crippen LogP contribution is 2.23. The van der Waals surface area contributed by atoms with Gasteiger partial charge in [0.05, 0.1) is 12.6 Å². The van der Waals surface area contributed by atoms with E-state index >= 15 is 0 Å². The van der Waals surface area contributed by atoms with E-state index in [2.05, 4.69) is 53.3 Å². The van der Waals surface area contributed by atoms with Crippen LogP contribution in [-0.2, 0) is 0 Å². The van der Waals surface area contributed by atoms with Gasteiger partial charge in [0.1, 0.15) is 0 Å². The molecular weight excluding hydrogens is 302 g/mol. The molecule has 0 bridgehead atoms. The Balaban J connectivity index is 2.22. The van der Waals surface area contributed by atoms with Crippen LogP contribution in [0.2, 0.25) is 0 Å². The number of aryl methyl sites for hydroxylation is 2. The van der Waals surface area contributed by atoms with Crippen molar-refractivity contribution in [2.75, 3.05) is 11.9 Å². The standard InChI is InChI=1S/C16H18BrNO/c1-11-6-7-13(8-12(11)2)16(10-19)18-15-5-3-4-14(17)9-15/h3-9,16,18-19H,10H2,1-2H3. The van der Waals surface area contributed by atoms with Crippen molar-refractivity contribution >= 4 is 21.6 Å². The van der Waals surface area contributed by atoms with Crippen LogP contribution in [0.5, 0.6) is 0 Å². The number of hydrogen-bond acceptors (Lipinski definition) is 2. The maximum Gasteiger partial charge on any atom is 0.0745 e. The summed E-state index contributed by atoms with van der Waals surface area (Å²) in [7, 11) is 0. The summed E-state index contributed by atoms with van der Waals surface area (Å²) in [5, 5.41) is 12.9. The summed E-state index contributed by atoms with van der Waals surface area (Å²) < 4.78 is 1.02. The van der Waals surface area contributed by atoms with E-state index in [0.29, 0.717) is 0 Å². The van der Waals surface area contributed by atoms with Gasteiger partial charge in [-0.1, -0.05) is 40.2 Å². The molecular formula is C16H18BrNO. The molecule has 0 aliphatic rings. The van der Waals surface area contributed by atoms with Crippen LogP contribution < -0.4 is 5.32 Å². The Morgan fingerprint density at radius 2 is 1.89 bits per heavy atom. The van der Waals surface area contributed by atoms with Crippen molar-refractivity contribution in [1.29, 1.82) is 0 Å². The molecule has 0 aliphatic heterocycles. The zero-order valence-electron chi connectivity index (χ0n) is 11.2. The molecule has 0 amide bonds. The summed E-state index contributed by atoms with van der Waals surface area (Å²) in [6.07, 6.45) is 0. The molecule has 100 valence electrons. The second-order valence-corrected chi connectivity index (χ2v) is 5.65. The molecule has 0 heterocycles. The number of hydrogen-bond donors (Lipinski definition) is 2. The fourth-order valence-electron chi connectivity index (χ4n) is 2.00. The number of benzene rings is 2. The molecule has 0 saturated carbocycles. The van der Waals surface area contributed by atoms with Crippen molar-refractivity contribution in [3.8, 4) is 0 Å². The van der Waals surface area contributed by atoms with Gasteiger partial charge in [0.25, 0.3) is 0 Å². The van der Waals surface area contributed by atoms with Crippen molar-refractivity contribution in [2.45, 2.75) is 19.9 Å². The van der Waals surface area contributed by atoms with Crippen molar-refractivity contribution in [2.24, 2.45) is 0 Å². The third-order valence-electron chi connectivity index (χ3n) is 3.28. The van der Waals surface area contributed by atoms with E-state index < -0.39 is 0 Å². The van der Waals surface area contributed by atoms with E-state index in [4.69, 9.17) is 0 Å². The highest BCUT2D eigenvalue weighted by atomic mass is 79.9. The molecule has 0 spiro atoms. The largest absolute Gasteiger partial charge is 0.394 e. The Morgan fingerprint density at radius 3 is 2.53 bits per heavy atom. The zero-order chi connectivity index (χ0) is 13.8. The van der Waals surface area contributed by atoms with E-state index in [1.54, 1.807) is 0 Å². The van der Waals surface area contributed by atoms with E-state index in [-0.39, 0.29) is 12.6 Å². The molecule has 2 aromatic rings. The first kappa shape index (κ1) is 14.1. The van der Waals surface area contributed by atoms with Gasteiger partial charge in [0.15, 0.2) is 0 Å². The lowest BCUT2D eigenvalue weighted by Gasteiger charge is -2.19. The summed E-state index contributed by atoms with van der Waals surface area (Å²) in [4.78, 5) is 0. The molecule has 19 heavy (non-hydrogen) atoms. The number of halogens is 1. The lowest BCUT2D eigenvalue weighted by molar-refractivity contribution is 0.276. The minimum absolute atomic E-state index is 0.0645. The van der Waals surface area contributed by atoms with Gasteiger partial charge < -0.3 is 10.4 Å². The SMILES string of the molecule is Cc1ccc(C(CO)Nc2cccc(Br)c2)cc1C. The second kappa shape index (κ2) is 6.22. The molecule has 2 aromatic carbocycles. The molecule has 2 nitrogen and oxygen atoms in total. The fraction of sp³-hybridized carbons (Fsp3) is 0.250. The van der Waals surface area contributed by atoms with Crippen molar-refractivity contribution in [3.05, 3.63) is 63.6 Å². The quantitative estimate of drug-likeness (QED) is 0.884. The van der Waals surface area contributed by atoms with Crippen LogP contribution in [-0.4, -0.2) is 11.7 Å². The van der Waals surface area contributed by atoms with Crippen molar-refractivity contribution in [1.82, 2.24) is 0 Å². The minimum Gasteiger partial charge on any atom is -0.394 e. The Kier molecular flexibility index (Phi) is 4.61. The summed E-state index contributed by atoms with van der Waals surface area (Å²) in [5.74, 6) is 0. The molecule has 0 radical (unpaired) electrons. The summed E-state index contributed by atoms with van der Waals surface area (Å²) >= 11 is 3.45. The lowest BCUT2D eigenvalue weighted by Crippen LogP contribution is -2.15. The molecule has 0 aromatic heterocycles.